The van der Waals surface area contributed by atoms with Crippen molar-refractivity contribution in [1.29, 1.82) is 0 Å². The zero-order chi connectivity index (χ0) is 16.7. The Morgan fingerprint density at radius 1 is 1.21 bits per heavy atom. The Labute approximate surface area is 136 Å². The number of hydrogen-bond acceptors (Lipinski definition) is 5. The number of hydrogen-bond donors (Lipinski definition) is 1. The van der Waals surface area contributed by atoms with Gasteiger partial charge >= 0.3 is 0 Å². The van der Waals surface area contributed by atoms with E-state index < -0.39 is 5.91 Å². The fourth-order valence-electron chi connectivity index (χ4n) is 2.57. The van der Waals surface area contributed by atoms with Crippen LogP contribution in [0, 0.1) is 0 Å². The molecule has 0 aromatic carbocycles. The van der Waals surface area contributed by atoms with Gasteiger partial charge in [-0.15, -0.1) is 5.10 Å². The number of fused-ring (bicyclic) bond motifs is 1. The average molecular weight is 322 g/mol. The van der Waals surface area contributed by atoms with Crippen molar-refractivity contribution >= 4 is 11.4 Å². The maximum absolute atomic E-state index is 11.2. The lowest BCUT2D eigenvalue weighted by Gasteiger charge is -2.06. The molecule has 4 aromatic rings. The zero-order valence-electron chi connectivity index (χ0n) is 12.9. The number of nitrogens with zero attached hydrogens (tertiary/aromatic N) is 7. The third-order valence-corrected chi connectivity index (χ3v) is 3.65. The van der Waals surface area contributed by atoms with E-state index in [1.807, 2.05) is 37.5 Å². The summed E-state index contributed by atoms with van der Waals surface area (Å²) in [5.74, 6) is 1.24. The van der Waals surface area contributed by atoms with Gasteiger partial charge in [-0.1, -0.05) is 0 Å². The molecular formula is C15H14N8O. The molecule has 0 fully saturated rings. The van der Waals surface area contributed by atoms with E-state index in [2.05, 4.69) is 20.3 Å². The van der Waals surface area contributed by atoms with Crippen LogP contribution < -0.4 is 5.73 Å². The molecule has 24 heavy (non-hydrogen) atoms. The van der Waals surface area contributed by atoms with Gasteiger partial charge in [-0.3, -0.25) is 9.48 Å². The Kier molecular flexibility index (Phi) is 3.12. The molecule has 0 aliphatic heterocycles. The Hall–Kier alpha value is -3.49. The monoisotopic (exact) mass is 322 g/mol. The van der Waals surface area contributed by atoms with Crippen LogP contribution in [0.15, 0.2) is 42.9 Å². The second kappa shape index (κ2) is 5.30. The topological polar surface area (TPSA) is 109 Å². The quantitative estimate of drug-likeness (QED) is 0.583. The molecule has 0 aliphatic carbocycles. The summed E-state index contributed by atoms with van der Waals surface area (Å²) in [7, 11) is 1.81. The number of carbonyl (C=O) groups is 1. The van der Waals surface area contributed by atoms with Gasteiger partial charge in [0.15, 0.2) is 17.5 Å². The minimum atomic E-state index is -0.477. The first kappa shape index (κ1) is 14.1. The van der Waals surface area contributed by atoms with E-state index in [0.29, 0.717) is 11.6 Å². The molecule has 0 unspecified atom stereocenters. The molecule has 9 heteroatoms. The number of amides is 1. The van der Waals surface area contributed by atoms with Crippen LogP contribution >= 0.6 is 0 Å². The van der Waals surface area contributed by atoms with Crippen molar-refractivity contribution < 1.29 is 4.79 Å². The van der Waals surface area contributed by atoms with Crippen molar-refractivity contribution in [2.45, 2.75) is 6.42 Å². The van der Waals surface area contributed by atoms with Crippen LogP contribution in [0.25, 0.3) is 22.7 Å². The largest absolute Gasteiger partial charge is 0.369 e. The highest BCUT2D eigenvalue weighted by atomic mass is 16.1. The molecule has 4 aromatic heterocycles. The summed E-state index contributed by atoms with van der Waals surface area (Å²) in [5, 5.41) is 12.8. The summed E-state index contributed by atoms with van der Waals surface area (Å²) in [4.78, 5) is 15.7. The van der Waals surface area contributed by atoms with Gasteiger partial charge in [-0.25, -0.2) is 9.50 Å². The van der Waals surface area contributed by atoms with Crippen LogP contribution in [-0.4, -0.2) is 40.1 Å². The lowest BCUT2D eigenvalue weighted by atomic mass is 10.2. The van der Waals surface area contributed by atoms with Crippen LogP contribution in [0.3, 0.4) is 0 Å². The Morgan fingerprint density at radius 3 is 2.79 bits per heavy atom. The van der Waals surface area contributed by atoms with Crippen LogP contribution in [0.4, 0.5) is 0 Å². The molecule has 0 spiro atoms. The fourth-order valence-corrected chi connectivity index (χ4v) is 2.57. The summed E-state index contributed by atoms with van der Waals surface area (Å²) in [5.41, 5.74) is 7.06. The van der Waals surface area contributed by atoms with E-state index in [1.54, 1.807) is 26.3 Å². The van der Waals surface area contributed by atoms with Gasteiger partial charge in [0.1, 0.15) is 0 Å². The minimum absolute atomic E-state index is 0.0211. The van der Waals surface area contributed by atoms with Crippen LogP contribution in [-0.2, 0) is 18.3 Å². The molecule has 0 aliphatic rings. The molecular weight excluding hydrogens is 308 g/mol. The van der Waals surface area contributed by atoms with Crippen molar-refractivity contribution in [2.24, 2.45) is 12.8 Å². The van der Waals surface area contributed by atoms with E-state index >= 15 is 0 Å². The first-order valence-electron chi connectivity index (χ1n) is 7.28. The number of pyridine rings is 1. The number of nitrogens with two attached hydrogens (primary N) is 1. The van der Waals surface area contributed by atoms with Gasteiger partial charge < -0.3 is 5.73 Å². The highest BCUT2D eigenvalue weighted by molar-refractivity contribution is 5.76. The van der Waals surface area contributed by atoms with E-state index in [1.165, 1.54) is 0 Å². The third kappa shape index (κ3) is 2.32. The van der Waals surface area contributed by atoms with E-state index in [4.69, 9.17) is 5.73 Å². The highest BCUT2D eigenvalue weighted by Crippen LogP contribution is 2.22. The molecule has 1 amide bonds. The normalized spacial score (nSPS) is 11.2. The predicted molar refractivity (Wildman–Crippen MR) is 85.2 cm³/mol. The molecule has 9 nitrogen and oxygen atoms in total. The summed E-state index contributed by atoms with van der Waals surface area (Å²) in [6.07, 6.45) is 5.23. The van der Waals surface area contributed by atoms with Crippen molar-refractivity contribution in [3.63, 3.8) is 0 Å². The molecule has 120 valence electrons. The lowest BCUT2D eigenvalue weighted by Crippen LogP contribution is -2.15. The maximum Gasteiger partial charge on any atom is 0.225 e. The van der Waals surface area contributed by atoms with Crippen molar-refractivity contribution in [3.05, 3.63) is 48.7 Å². The third-order valence-electron chi connectivity index (χ3n) is 3.65. The number of aromatic nitrogens is 7. The van der Waals surface area contributed by atoms with Crippen molar-refractivity contribution in [1.82, 2.24) is 34.2 Å². The van der Waals surface area contributed by atoms with Crippen LogP contribution in [0.5, 0.6) is 0 Å². The van der Waals surface area contributed by atoms with Crippen molar-refractivity contribution in [2.75, 3.05) is 0 Å². The molecule has 2 N–H and O–H groups in total. The SMILES string of the molecule is Cn1nccc1-n1nc(CC(N)=O)nc1-c1ccn2nccc2c1. The Balaban J connectivity index is 1.90. The van der Waals surface area contributed by atoms with Crippen molar-refractivity contribution in [3.8, 4) is 17.2 Å². The predicted octanol–water partition coefficient (Wildman–Crippen LogP) is 0.343. The first-order valence-corrected chi connectivity index (χ1v) is 7.28. The van der Waals surface area contributed by atoms with E-state index in [-0.39, 0.29) is 6.42 Å². The minimum Gasteiger partial charge on any atom is -0.369 e. The number of primary amides is 1. The molecule has 0 atom stereocenters. The van der Waals surface area contributed by atoms with Gasteiger partial charge in [-0.05, 0) is 18.2 Å². The average Bonchev–Trinajstić information content (AvgIpc) is 3.24. The summed E-state index contributed by atoms with van der Waals surface area (Å²) >= 11 is 0. The van der Waals surface area contributed by atoms with Gasteiger partial charge in [0, 0.05) is 31.1 Å². The van der Waals surface area contributed by atoms with Gasteiger partial charge in [0.25, 0.3) is 0 Å². The first-order chi connectivity index (χ1) is 11.6. The number of aryl methyl sites for hydroxylation is 1. The molecule has 4 rings (SSSR count). The van der Waals surface area contributed by atoms with E-state index in [0.717, 1.165) is 16.9 Å². The smallest absolute Gasteiger partial charge is 0.225 e. The number of carbonyl (C=O) groups excluding carboxylic acids is 1. The van der Waals surface area contributed by atoms with Crippen LogP contribution in [0.2, 0.25) is 0 Å². The second-order valence-electron chi connectivity index (χ2n) is 5.34. The van der Waals surface area contributed by atoms with Gasteiger partial charge in [0.05, 0.1) is 18.1 Å². The van der Waals surface area contributed by atoms with E-state index in [9.17, 15) is 4.79 Å². The highest BCUT2D eigenvalue weighted by Gasteiger charge is 2.17. The van der Waals surface area contributed by atoms with Gasteiger partial charge in [-0.2, -0.15) is 14.9 Å². The zero-order valence-corrected chi connectivity index (χ0v) is 12.9. The summed E-state index contributed by atoms with van der Waals surface area (Å²) in [6, 6.07) is 7.57. The molecule has 0 saturated heterocycles. The standard InChI is InChI=1S/C15H14N8O/c1-21-14(3-6-17-21)23-15(19-13(20-23)9-12(16)24)10-4-7-22-11(8-10)2-5-18-22/h2-8H,9H2,1H3,(H2,16,24). The maximum atomic E-state index is 11.2. The summed E-state index contributed by atoms with van der Waals surface area (Å²) in [6.45, 7) is 0. The molecule has 0 saturated carbocycles. The van der Waals surface area contributed by atoms with Gasteiger partial charge in [0.2, 0.25) is 5.91 Å². The summed E-state index contributed by atoms with van der Waals surface area (Å²) < 4.78 is 5.11. The molecule has 0 radical (unpaired) electrons. The second-order valence-corrected chi connectivity index (χ2v) is 5.34. The fraction of sp³-hybridized carbons (Fsp3) is 0.133. The Bertz CT molecular complexity index is 1040. The lowest BCUT2D eigenvalue weighted by molar-refractivity contribution is -0.117. The number of rotatable bonds is 4. The Morgan fingerprint density at radius 2 is 2.04 bits per heavy atom. The van der Waals surface area contributed by atoms with Crippen LogP contribution in [0.1, 0.15) is 5.82 Å². The molecule has 0 bridgehead atoms. The molecule has 4 heterocycles.